The number of rotatable bonds is 7. The second-order valence-electron chi connectivity index (χ2n) is 3.69. The van der Waals surface area contributed by atoms with Crippen molar-refractivity contribution in [2.24, 2.45) is 10.7 Å². The average Bonchev–Trinajstić information content (AvgIpc) is 2.23. The van der Waals surface area contributed by atoms with Gasteiger partial charge in [-0.05, 0) is 13.3 Å². The Bertz CT molecular complexity index is 261. The third-order valence-electron chi connectivity index (χ3n) is 1.75. The Labute approximate surface area is 97.2 Å². The molecule has 0 unspecified atom stereocenters. The Kier molecular flexibility index (Phi) is 7.93. The molecule has 0 aromatic rings. The van der Waals surface area contributed by atoms with Crippen LogP contribution in [-0.4, -0.2) is 31.5 Å². The van der Waals surface area contributed by atoms with Gasteiger partial charge in [0.05, 0.1) is 6.54 Å². The Morgan fingerprint density at radius 1 is 1.38 bits per heavy atom. The van der Waals surface area contributed by atoms with Gasteiger partial charge >= 0.3 is 0 Å². The largest absolute Gasteiger partial charge is 0.370 e. The highest BCUT2D eigenvalue weighted by Gasteiger charge is 1.99. The minimum atomic E-state index is 0.0297. The summed E-state index contributed by atoms with van der Waals surface area (Å²) in [5.74, 6) is 0.383. The molecule has 1 amide bonds. The van der Waals surface area contributed by atoms with Crippen LogP contribution in [0.15, 0.2) is 17.1 Å². The summed E-state index contributed by atoms with van der Waals surface area (Å²) in [6, 6.07) is 0. The first kappa shape index (κ1) is 14.5. The third kappa shape index (κ3) is 9.05. The number of aliphatic imine (C=N–C) groups is 1. The summed E-state index contributed by atoms with van der Waals surface area (Å²) in [6.45, 7) is 9.35. The van der Waals surface area contributed by atoms with Crippen LogP contribution in [-0.2, 0) is 4.79 Å². The molecule has 0 saturated heterocycles. The van der Waals surface area contributed by atoms with E-state index in [1.807, 2.05) is 13.8 Å². The lowest BCUT2D eigenvalue weighted by Crippen LogP contribution is -2.35. The Hall–Kier alpha value is -1.52. The summed E-state index contributed by atoms with van der Waals surface area (Å²) in [5.41, 5.74) is 6.52. The molecule has 0 aliphatic heterocycles. The monoisotopic (exact) mass is 226 g/mol. The lowest BCUT2D eigenvalue weighted by molar-refractivity contribution is -0.120. The molecule has 0 atom stereocenters. The predicted molar refractivity (Wildman–Crippen MR) is 67.2 cm³/mol. The summed E-state index contributed by atoms with van der Waals surface area (Å²) in [7, 11) is 0. The van der Waals surface area contributed by atoms with Gasteiger partial charge < -0.3 is 16.4 Å². The number of hydrogen-bond acceptors (Lipinski definition) is 2. The van der Waals surface area contributed by atoms with Crippen molar-refractivity contribution in [3.05, 3.63) is 12.2 Å². The number of amides is 1. The van der Waals surface area contributed by atoms with Gasteiger partial charge in [0.1, 0.15) is 0 Å². The molecule has 0 aliphatic rings. The third-order valence-corrected chi connectivity index (χ3v) is 1.75. The van der Waals surface area contributed by atoms with Crippen molar-refractivity contribution in [3.8, 4) is 0 Å². The van der Waals surface area contributed by atoms with Crippen LogP contribution >= 0.6 is 0 Å². The molecule has 5 heteroatoms. The normalized spacial score (nSPS) is 11.0. The molecule has 0 aromatic carbocycles. The smallest absolute Gasteiger partial charge is 0.221 e. The van der Waals surface area contributed by atoms with Crippen LogP contribution in [0.5, 0.6) is 0 Å². The van der Waals surface area contributed by atoms with Crippen LogP contribution in [0, 0.1) is 0 Å². The van der Waals surface area contributed by atoms with E-state index in [1.54, 1.807) is 0 Å². The minimum Gasteiger partial charge on any atom is -0.370 e. The van der Waals surface area contributed by atoms with Crippen LogP contribution < -0.4 is 16.4 Å². The van der Waals surface area contributed by atoms with E-state index in [1.165, 1.54) is 0 Å². The van der Waals surface area contributed by atoms with Gasteiger partial charge in [-0.3, -0.25) is 4.79 Å². The quantitative estimate of drug-likeness (QED) is 0.333. The Morgan fingerprint density at radius 2 is 2.06 bits per heavy atom. The first-order valence-electron chi connectivity index (χ1n) is 5.51. The van der Waals surface area contributed by atoms with Gasteiger partial charge in [-0.2, -0.15) is 0 Å². The summed E-state index contributed by atoms with van der Waals surface area (Å²) >= 11 is 0. The van der Waals surface area contributed by atoms with Crippen molar-refractivity contribution in [1.82, 2.24) is 10.6 Å². The topological polar surface area (TPSA) is 79.5 Å². The molecule has 92 valence electrons. The van der Waals surface area contributed by atoms with Crippen LogP contribution in [0.2, 0.25) is 0 Å². The lowest BCUT2D eigenvalue weighted by Gasteiger charge is -2.06. The first-order valence-corrected chi connectivity index (χ1v) is 5.51. The fourth-order valence-corrected chi connectivity index (χ4v) is 0.933. The molecule has 0 rings (SSSR count). The number of nitrogens with one attached hydrogen (secondary N) is 2. The Balaban J connectivity index is 3.60. The molecule has 0 aromatic heterocycles. The maximum atomic E-state index is 11.2. The number of nitrogens with two attached hydrogens (primary N) is 1. The number of nitrogens with zero attached hydrogens (tertiary/aromatic N) is 1. The molecule has 5 nitrogen and oxygen atoms in total. The van der Waals surface area contributed by atoms with Gasteiger partial charge in [-0.15, -0.1) is 0 Å². The number of carbonyl (C=O) groups is 1. The van der Waals surface area contributed by atoms with E-state index in [-0.39, 0.29) is 5.91 Å². The predicted octanol–water partition coefficient (Wildman–Crippen LogP) is 0.383. The van der Waals surface area contributed by atoms with Crippen molar-refractivity contribution in [1.29, 1.82) is 0 Å². The van der Waals surface area contributed by atoms with Crippen LogP contribution in [0.4, 0.5) is 0 Å². The van der Waals surface area contributed by atoms with E-state index in [2.05, 4.69) is 22.2 Å². The maximum Gasteiger partial charge on any atom is 0.221 e. The van der Waals surface area contributed by atoms with Gasteiger partial charge in [0.15, 0.2) is 5.96 Å². The fraction of sp³-hybridized carbons (Fsp3) is 0.636. The second-order valence-corrected chi connectivity index (χ2v) is 3.69. The van der Waals surface area contributed by atoms with E-state index < -0.39 is 0 Å². The van der Waals surface area contributed by atoms with Crippen LogP contribution in [0.25, 0.3) is 0 Å². The van der Waals surface area contributed by atoms with Gasteiger partial charge in [0, 0.05) is 19.5 Å². The SMILES string of the molecule is C=C(C)CN=C(N)NCCC(=O)NCCC. The molecular weight excluding hydrogens is 204 g/mol. The van der Waals surface area contributed by atoms with Crippen molar-refractivity contribution < 1.29 is 4.79 Å². The standard InChI is InChI=1S/C11H22N4O/c1-4-6-13-10(16)5-7-14-11(12)15-8-9(2)3/h2,4-8H2,1,3H3,(H,13,16)(H3,12,14,15). The van der Waals surface area contributed by atoms with E-state index in [9.17, 15) is 4.79 Å². The molecule has 16 heavy (non-hydrogen) atoms. The molecule has 0 fully saturated rings. The zero-order valence-electron chi connectivity index (χ0n) is 10.2. The van der Waals surface area contributed by atoms with E-state index in [0.29, 0.717) is 25.5 Å². The molecule has 0 aliphatic carbocycles. The van der Waals surface area contributed by atoms with Crippen molar-refractivity contribution in [2.75, 3.05) is 19.6 Å². The number of guanidine groups is 1. The van der Waals surface area contributed by atoms with Gasteiger partial charge in [0.2, 0.25) is 5.91 Å². The fourth-order valence-electron chi connectivity index (χ4n) is 0.933. The zero-order valence-corrected chi connectivity index (χ0v) is 10.2. The molecule has 0 saturated carbocycles. The van der Waals surface area contributed by atoms with Crippen LogP contribution in [0.1, 0.15) is 26.7 Å². The number of hydrogen-bond donors (Lipinski definition) is 3. The zero-order chi connectivity index (χ0) is 12.4. The lowest BCUT2D eigenvalue weighted by atomic mass is 10.3. The van der Waals surface area contributed by atoms with E-state index in [0.717, 1.165) is 18.5 Å². The summed E-state index contributed by atoms with van der Waals surface area (Å²) in [5, 5.41) is 5.65. The highest BCUT2D eigenvalue weighted by Crippen LogP contribution is 1.86. The highest BCUT2D eigenvalue weighted by atomic mass is 16.1. The average molecular weight is 226 g/mol. The maximum absolute atomic E-state index is 11.2. The van der Waals surface area contributed by atoms with Crippen LogP contribution in [0.3, 0.4) is 0 Å². The summed E-state index contributed by atoms with van der Waals surface area (Å²) in [6.07, 6.45) is 1.35. The summed E-state index contributed by atoms with van der Waals surface area (Å²) in [4.78, 5) is 15.2. The van der Waals surface area contributed by atoms with Crippen molar-refractivity contribution in [2.45, 2.75) is 26.7 Å². The summed E-state index contributed by atoms with van der Waals surface area (Å²) < 4.78 is 0. The highest BCUT2D eigenvalue weighted by molar-refractivity contribution is 5.80. The van der Waals surface area contributed by atoms with Gasteiger partial charge in [-0.25, -0.2) is 4.99 Å². The van der Waals surface area contributed by atoms with Gasteiger partial charge in [-0.1, -0.05) is 19.1 Å². The van der Waals surface area contributed by atoms with Crippen molar-refractivity contribution >= 4 is 11.9 Å². The molecule has 4 N–H and O–H groups in total. The molecular formula is C11H22N4O. The Morgan fingerprint density at radius 3 is 2.62 bits per heavy atom. The first-order chi connectivity index (χ1) is 7.56. The van der Waals surface area contributed by atoms with Gasteiger partial charge in [0.25, 0.3) is 0 Å². The molecule has 0 heterocycles. The van der Waals surface area contributed by atoms with Crippen molar-refractivity contribution in [3.63, 3.8) is 0 Å². The minimum absolute atomic E-state index is 0.0297. The second kappa shape index (κ2) is 8.76. The van der Waals surface area contributed by atoms with E-state index >= 15 is 0 Å². The molecule has 0 bridgehead atoms. The van der Waals surface area contributed by atoms with E-state index in [4.69, 9.17) is 5.73 Å². The molecule has 0 radical (unpaired) electrons. The number of carbonyl (C=O) groups excluding carboxylic acids is 1. The molecule has 0 spiro atoms.